The summed E-state index contributed by atoms with van der Waals surface area (Å²) in [4.78, 5) is 0.217. The molecule has 0 saturated heterocycles. The highest BCUT2D eigenvalue weighted by Gasteiger charge is 2.13. The smallest absolute Gasteiger partial charge is 0.261 e. The number of sulfonamides is 1. The lowest BCUT2D eigenvalue weighted by molar-refractivity contribution is 0.483. The number of hydrogen-bond acceptors (Lipinski definition) is 3. The summed E-state index contributed by atoms with van der Waals surface area (Å²) in [6.07, 6.45) is 0. The Morgan fingerprint density at radius 3 is 2.21 bits per heavy atom. The molecule has 0 unspecified atom stereocenters. The van der Waals surface area contributed by atoms with Crippen molar-refractivity contribution in [3.05, 3.63) is 84.4 Å². The van der Waals surface area contributed by atoms with Gasteiger partial charge in [-0.3, -0.25) is 4.72 Å². The molecule has 4 nitrogen and oxygen atoms in total. The standard InChI is InChI=1S/C19H17NO3S/c1-15-10-12-17(13-11-15)23-18-7-5-6-16(14-18)20-24(21,22)19-8-3-2-4-9-19/h2-14,20H,1H3. The van der Waals surface area contributed by atoms with E-state index in [2.05, 4.69) is 4.72 Å². The van der Waals surface area contributed by atoms with Crippen molar-refractivity contribution in [1.82, 2.24) is 0 Å². The van der Waals surface area contributed by atoms with Crippen LogP contribution in [0.4, 0.5) is 5.69 Å². The van der Waals surface area contributed by atoms with E-state index >= 15 is 0 Å². The number of benzene rings is 3. The molecule has 0 fully saturated rings. The first-order chi connectivity index (χ1) is 11.5. The molecule has 0 atom stereocenters. The number of nitrogens with one attached hydrogen (secondary N) is 1. The summed E-state index contributed by atoms with van der Waals surface area (Å²) in [6, 6.07) is 22.8. The summed E-state index contributed by atoms with van der Waals surface area (Å²) in [5.74, 6) is 1.26. The zero-order valence-electron chi connectivity index (χ0n) is 13.1. The molecule has 3 aromatic rings. The zero-order valence-corrected chi connectivity index (χ0v) is 14.0. The molecule has 0 aliphatic carbocycles. The molecule has 5 heteroatoms. The largest absolute Gasteiger partial charge is 0.457 e. The predicted molar refractivity (Wildman–Crippen MR) is 94.9 cm³/mol. The first-order valence-corrected chi connectivity index (χ1v) is 8.94. The van der Waals surface area contributed by atoms with E-state index in [0.29, 0.717) is 17.2 Å². The molecular weight excluding hydrogens is 322 g/mol. The highest BCUT2D eigenvalue weighted by Crippen LogP contribution is 2.25. The quantitative estimate of drug-likeness (QED) is 0.740. The van der Waals surface area contributed by atoms with Gasteiger partial charge >= 0.3 is 0 Å². The fourth-order valence-electron chi connectivity index (χ4n) is 2.18. The Bertz CT molecular complexity index is 920. The third-order valence-corrected chi connectivity index (χ3v) is 4.79. The van der Waals surface area contributed by atoms with E-state index in [1.165, 1.54) is 0 Å². The molecule has 0 amide bonds. The third kappa shape index (κ3) is 3.94. The molecule has 0 aromatic heterocycles. The number of rotatable bonds is 5. The van der Waals surface area contributed by atoms with Crippen LogP contribution < -0.4 is 9.46 Å². The maximum atomic E-state index is 12.4. The Kier molecular flexibility index (Phi) is 4.53. The van der Waals surface area contributed by atoms with Gasteiger partial charge < -0.3 is 4.74 Å². The molecule has 3 aromatic carbocycles. The van der Waals surface area contributed by atoms with Gasteiger partial charge in [0, 0.05) is 6.07 Å². The summed E-state index contributed by atoms with van der Waals surface area (Å²) in [5.41, 5.74) is 1.59. The average molecular weight is 339 g/mol. The fourth-order valence-corrected chi connectivity index (χ4v) is 3.25. The van der Waals surface area contributed by atoms with Gasteiger partial charge in [0.05, 0.1) is 10.6 Å². The monoisotopic (exact) mass is 339 g/mol. The molecule has 0 saturated carbocycles. The maximum Gasteiger partial charge on any atom is 0.261 e. The molecule has 0 aliphatic heterocycles. The lowest BCUT2D eigenvalue weighted by Gasteiger charge is -2.10. The van der Waals surface area contributed by atoms with Crippen LogP contribution in [0.1, 0.15) is 5.56 Å². The number of ether oxygens (including phenoxy) is 1. The van der Waals surface area contributed by atoms with E-state index in [0.717, 1.165) is 5.56 Å². The Hall–Kier alpha value is -2.79. The van der Waals surface area contributed by atoms with Gasteiger partial charge in [-0.25, -0.2) is 8.42 Å². The van der Waals surface area contributed by atoms with Gasteiger partial charge in [-0.05, 0) is 43.3 Å². The number of hydrogen-bond donors (Lipinski definition) is 1. The highest BCUT2D eigenvalue weighted by atomic mass is 32.2. The van der Waals surface area contributed by atoms with Gasteiger partial charge in [0.15, 0.2) is 0 Å². The van der Waals surface area contributed by atoms with Crippen molar-refractivity contribution in [2.75, 3.05) is 4.72 Å². The van der Waals surface area contributed by atoms with Crippen molar-refractivity contribution in [1.29, 1.82) is 0 Å². The van der Waals surface area contributed by atoms with Crippen LogP contribution in [-0.2, 0) is 10.0 Å². The summed E-state index contributed by atoms with van der Waals surface area (Å²) in [5, 5.41) is 0. The van der Waals surface area contributed by atoms with Crippen molar-refractivity contribution in [2.24, 2.45) is 0 Å². The van der Waals surface area contributed by atoms with Crippen LogP contribution in [0.25, 0.3) is 0 Å². The second-order valence-corrected chi connectivity index (χ2v) is 7.04. The van der Waals surface area contributed by atoms with Gasteiger partial charge in [-0.2, -0.15) is 0 Å². The van der Waals surface area contributed by atoms with Crippen LogP contribution >= 0.6 is 0 Å². The second kappa shape index (κ2) is 6.76. The van der Waals surface area contributed by atoms with Crippen molar-refractivity contribution in [3.63, 3.8) is 0 Å². The SMILES string of the molecule is Cc1ccc(Oc2cccc(NS(=O)(=O)c3ccccc3)c2)cc1. The topological polar surface area (TPSA) is 55.4 Å². The van der Waals surface area contributed by atoms with Crippen molar-refractivity contribution in [2.45, 2.75) is 11.8 Å². The van der Waals surface area contributed by atoms with Crippen LogP contribution in [0.5, 0.6) is 11.5 Å². The molecule has 0 heterocycles. The summed E-state index contributed by atoms with van der Waals surface area (Å²) < 4.78 is 33.0. The van der Waals surface area contributed by atoms with Gasteiger partial charge in [0.1, 0.15) is 11.5 Å². The Balaban J connectivity index is 1.79. The van der Waals surface area contributed by atoms with Crippen LogP contribution in [0.3, 0.4) is 0 Å². The van der Waals surface area contributed by atoms with Crippen molar-refractivity contribution >= 4 is 15.7 Å². The highest BCUT2D eigenvalue weighted by molar-refractivity contribution is 7.92. The minimum absolute atomic E-state index is 0.217. The van der Waals surface area contributed by atoms with E-state index < -0.39 is 10.0 Å². The van der Waals surface area contributed by atoms with E-state index in [1.807, 2.05) is 31.2 Å². The van der Waals surface area contributed by atoms with Gasteiger partial charge in [-0.1, -0.05) is 42.0 Å². The summed E-state index contributed by atoms with van der Waals surface area (Å²) in [7, 11) is -3.61. The lowest BCUT2D eigenvalue weighted by Crippen LogP contribution is -2.12. The minimum Gasteiger partial charge on any atom is -0.457 e. The molecule has 1 N–H and O–H groups in total. The molecule has 0 bridgehead atoms. The van der Waals surface area contributed by atoms with Crippen molar-refractivity contribution < 1.29 is 13.2 Å². The first-order valence-electron chi connectivity index (χ1n) is 7.45. The molecular formula is C19H17NO3S. The molecule has 122 valence electrons. The van der Waals surface area contributed by atoms with E-state index in [9.17, 15) is 8.42 Å². The molecule has 24 heavy (non-hydrogen) atoms. The molecule has 0 aliphatic rings. The van der Waals surface area contributed by atoms with Gasteiger partial charge in [0.25, 0.3) is 10.0 Å². The average Bonchev–Trinajstić information content (AvgIpc) is 2.58. The number of aryl methyl sites for hydroxylation is 1. The van der Waals surface area contributed by atoms with Crippen molar-refractivity contribution in [3.8, 4) is 11.5 Å². The van der Waals surface area contributed by atoms with Crippen LogP contribution in [0.15, 0.2) is 83.8 Å². The Labute approximate surface area is 141 Å². The molecule has 3 rings (SSSR count). The van der Waals surface area contributed by atoms with E-state index in [1.54, 1.807) is 54.6 Å². The zero-order chi connectivity index (χ0) is 17.0. The Morgan fingerprint density at radius 1 is 0.792 bits per heavy atom. The number of anilines is 1. The minimum atomic E-state index is -3.61. The first kappa shape index (κ1) is 16.1. The normalized spacial score (nSPS) is 11.0. The van der Waals surface area contributed by atoms with E-state index in [4.69, 9.17) is 4.74 Å². The fraction of sp³-hybridized carbons (Fsp3) is 0.0526. The van der Waals surface area contributed by atoms with Crippen LogP contribution in [0.2, 0.25) is 0 Å². The predicted octanol–water partition coefficient (Wildman–Crippen LogP) is 4.59. The Morgan fingerprint density at radius 2 is 1.50 bits per heavy atom. The van der Waals surface area contributed by atoms with Gasteiger partial charge in [-0.15, -0.1) is 0 Å². The lowest BCUT2D eigenvalue weighted by atomic mass is 10.2. The molecule has 0 spiro atoms. The third-order valence-electron chi connectivity index (χ3n) is 3.40. The maximum absolute atomic E-state index is 12.4. The van der Waals surface area contributed by atoms with Crippen LogP contribution in [0, 0.1) is 6.92 Å². The van der Waals surface area contributed by atoms with E-state index in [-0.39, 0.29) is 4.90 Å². The summed E-state index contributed by atoms with van der Waals surface area (Å²) >= 11 is 0. The van der Waals surface area contributed by atoms with Crippen LogP contribution in [-0.4, -0.2) is 8.42 Å². The second-order valence-electron chi connectivity index (χ2n) is 5.36. The molecule has 0 radical (unpaired) electrons. The van der Waals surface area contributed by atoms with Gasteiger partial charge in [0.2, 0.25) is 0 Å². The summed E-state index contributed by atoms with van der Waals surface area (Å²) in [6.45, 7) is 2.00.